The van der Waals surface area contributed by atoms with Crippen molar-refractivity contribution in [2.45, 2.75) is 12.6 Å². The Kier molecular flexibility index (Phi) is 2.86. The Bertz CT molecular complexity index is 563. The van der Waals surface area contributed by atoms with Gasteiger partial charge in [-0.1, -0.05) is 4.98 Å². The first-order valence-electron chi connectivity index (χ1n) is 4.66. The van der Waals surface area contributed by atoms with Crippen LogP contribution in [0.5, 0.6) is 0 Å². The maximum absolute atomic E-state index is 9.37. The number of aliphatic hydroxyl groups is 2. The van der Waals surface area contributed by atoms with Crippen LogP contribution in [0.3, 0.4) is 0 Å². The van der Waals surface area contributed by atoms with Crippen molar-refractivity contribution in [3.05, 3.63) is 11.1 Å². The lowest BCUT2D eigenvalue weighted by atomic mass is 10.3. The van der Waals surface area contributed by atoms with Crippen molar-refractivity contribution in [3.63, 3.8) is 0 Å². The Morgan fingerprint density at radius 2 is 2.31 bits per heavy atom. The van der Waals surface area contributed by atoms with E-state index in [-0.39, 0.29) is 13.2 Å². The number of nitrogens with two attached hydrogens (primary N) is 1. The van der Waals surface area contributed by atoms with Crippen molar-refractivity contribution >= 4 is 29.2 Å². The molecule has 0 aromatic carbocycles. The zero-order chi connectivity index (χ0) is 11.7. The van der Waals surface area contributed by atoms with E-state index in [0.29, 0.717) is 21.8 Å². The predicted molar refractivity (Wildman–Crippen MR) is 59.0 cm³/mol. The van der Waals surface area contributed by atoms with Crippen LogP contribution in [0, 0.1) is 4.77 Å². The fourth-order valence-electron chi connectivity index (χ4n) is 1.45. The molecule has 16 heavy (non-hydrogen) atoms. The number of nitrogens with one attached hydrogen (secondary N) is 2. The van der Waals surface area contributed by atoms with Gasteiger partial charge in [0.2, 0.25) is 16.9 Å². The molecule has 6 N–H and O–H groups in total. The van der Waals surface area contributed by atoms with Gasteiger partial charge in [-0.15, -0.1) is 0 Å². The van der Waals surface area contributed by atoms with Gasteiger partial charge >= 0.3 is 0 Å². The molecule has 0 amide bonds. The largest absolute Gasteiger partial charge is 0.394 e. The topological polar surface area (TPSA) is 115 Å². The maximum atomic E-state index is 9.37. The first-order valence-corrected chi connectivity index (χ1v) is 5.07. The summed E-state index contributed by atoms with van der Waals surface area (Å²) in [6, 6.07) is 0. The maximum Gasteiger partial charge on any atom is 0.257 e. The number of hydrogen-bond donors (Lipinski definition) is 5. The van der Waals surface area contributed by atoms with E-state index < -0.39 is 6.10 Å². The van der Waals surface area contributed by atoms with Gasteiger partial charge in [0.15, 0.2) is 5.52 Å². The van der Waals surface area contributed by atoms with E-state index >= 15 is 0 Å². The molecule has 0 aliphatic heterocycles. The standard InChI is InChI=1S/C8H11N5O2S/c9-6-5-7(12-8(16)11-5)13(3-10-6)1-4(15)2-14/h3-4,14-15H,1-2H2,(H3,9,11,12,16)/p+1/t4-/m0/s1. The molecule has 8 heteroatoms. The number of aromatic nitrogens is 4. The van der Waals surface area contributed by atoms with E-state index in [2.05, 4.69) is 15.0 Å². The summed E-state index contributed by atoms with van der Waals surface area (Å²) in [6.07, 6.45) is 0.630. The van der Waals surface area contributed by atoms with Crippen LogP contribution in [0.2, 0.25) is 0 Å². The SMILES string of the molecule is Nc1nc[n+](C[C@H](O)CO)c2[nH]c(=S)[nH]c12. The zero-order valence-corrected chi connectivity index (χ0v) is 9.16. The molecule has 0 spiro atoms. The van der Waals surface area contributed by atoms with Crippen LogP contribution in [0.25, 0.3) is 11.2 Å². The number of imidazole rings is 1. The number of nitrogen functional groups attached to an aromatic ring is 1. The summed E-state index contributed by atoms with van der Waals surface area (Å²) in [5.74, 6) is 0.331. The van der Waals surface area contributed by atoms with E-state index in [1.165, 1.54) is 6.33 Å². The minimum atomic E-state index is -0.851. The van der Waals surface area contributed by atoms with Crippen LogP contribution in [0.4, 0.5) is 5.82 Å². The quantitative estimate of drug-likeness (QED) is 0.344. The summed E-state index contributed by atoms with van der Waals surface area (Å²) in [5, 5.41) is 18.1. The normalized spacial score (nSPS) is 13.1. The van der Waals surface area contributed by atoms with Crippen molar-refractivity contribution in [2.24, 2.45) is 0 Å². The fraction of sp³-hybridized carbons (Fsp3) is 0.375. The molecule has 0 unspecified atom stereocenters. The molecule has 1 atom stereocenters. The van der Waals surface area contributed by atoms with Crippen LogP contribution in [0.1, 0.15) is 0 Å². The van der Waals surface area contributed by atoms with Gasteiger partial charge in [-0.05, 0) is 12.2 Å². The van der Waals surface area contributed by atoms with Crippen molar-refractivity contribution in [2.75, 3.05) is 12.3 Å². The summed E-state index contributed by atoms with van der Waals surface area (Å²) >= 11 is 4.95. The average Bonchev–Trinajstić information content (AvgIpc) is 2.65. The number of hydrogen-bond acceptors (Lipinski definition) is 5. The molecule has 0 radical (unpaired) electrons. The lowest BCUT2D eigenvalue weighted by Crippen LogP contribution is -2.42. The number of rotatable bonds is 3. The highest BCUT2D eigenvalue weighted by molar-refractivity contribution is 7.71. The molecule has 0 aliphatic carbocycles. The summed E-state index contributed by atoms with van der Waals surface area (Å²) < 4.78 is 2.07. The van der Waals surface area contributed by atoms with Crippen molar-refractivity contribution in [1.82, 2.24) is 15.0 Å². The number of aromatic amines is 2. The highest BCUT2D eigenvalue weighted by atomic mass is 32.1. The molecule has 0 bridgehead atoms. The third-order valence-corrected chi connectivity index (χ3v) is 2.41. The molecular weight excluding hydrogens is 230 g/mol. The summed E-state index contributed by atoms with van der Waals surface area (Å²) in [7, 11) is 0. The number of fused-ring (bicyclic) bond motifs is 1. The van der Waals surface area contributed by atoms with Crippen LogP contribution in [-0.4, -0.2) is 37.9 Å². The molecular formula is C8H12N5O2S+. The second-order valence-electron chi connectivity index (χ2n) is 3.42. The van der Waals surface area contributed by atoms with Gasteiger partial charge in [-0.3, -0.25) is 0 Å². The summed E-state index contributed by atoms with van der Waals surface area (Å²) in [6.45, 7) is -0.104. The molecule has 2 aromatic rings. The van der Waals surface area contributed by atoms with Gasteiger partial charge in [0, 0.05) is 0 Å². The lowest BCUT2D eigenvalue weighted by molar-refractivity contribution is -0.683. The smallest absolute Gasteiger partial charge is 0.257 e. The van der Waals surface area contributed by atoms with Gasteiger partial charge < -0.3 is 20.9 Å². The number of nitrogens with zero attached hydrogens (tertiary/aromatic N) is 2. The Balaban J connectivity index is 2.54. The average molecular weight is 242 g/mol. The Hall–Kier alpha value is -1.51. The van der Waals surface area contributed by atoms with E-state index in [4.69, 9.17) is 23.1 Å². The van der Waals surface area contributed by atoms with Gasteiger partial charge in [0.25, 0.3) is 5.65 Å². The number of aliphatic hydroxyl groups excluding tert-OH is 2. The Morgan fingerprint density at radius 1 is 1.56 bits per heavy atom. The second kappa shape index (κ2) is 4.16. The lowest BCUT2D eigenvalue weighted by Gasteiger charge is -2.06. The molecule has 2 heterocycles. The summed E-state index contributed by atoms with van der Waals surface area (Å²) in [5.41, 5.74) is 6.91. The number of H-pyrrole nitrogens is 2. The summed E-state index contributed by atoms with van der Waals surface area (Å²) in [4.78, 5) is 9.73. The van der Waals surface area contributed by atoms with E-state index in [1.807, 2.05) is 0 Å². The molecule has 0 saturated heterocycles. The van der Waals surface area contributed by atoms with E-state index in [1.54, 1.807) is 4.57 Å². The van der Waals surface area contributed by atoms with Crippen molar-refractivity contribution in [3.8, 4) is 0 Å². The third-order valence-electron chi connectivity index (χ3n) is 2.21. The van der Waals surface area contributed by atoms with Gasteiger partial charge in [0.05, 0.1) is 13.2 Å². The molecule has 0 aliphatic rings. The van der Waals surface area contributed by atoms with Crippen LogP contribution in [0.15, 0.2) is 6.33 Å². The highest BCUT2D eigenvalue weighted by Gasteiger charge is 2.16. The van der Waals surface area contributed by atoms with Crippen molar-refractivity contribution in [1.29, 1.82) is 0 Å². The highest BCUT2D eigenvalue weighted by Crippen LogP contribution is 2.10. The van der Waals surface area contributed by atoms with Gasteiger partial charge in [-0.2, -0.15) is 0 Å². The molecule has 0 fully saturated rings. The van der Waals surface area contributed by atoms with Crippen LogP contribution < -0.4 is 10.3 Å². The zero-order valence-electron chi connectivity index (χ0n) is 8.34. The van der Waals surface area contributed by atoms with Gasteiger partial charge in [-0.25, -0.2) is 9.55 Å². The van der Waals surface area contributed by atoms with E-state index in [0.717, 1.165) is 0 Å². The molecule has 86 valence electrons. The molecule has 2 aromatic heterocycles. The Labute approximate surface area is 95.6 Å². The van der Waals surface area contributed by atoms with E-state index in [9.17, 15) is 5.11 Å². The molecule has 2 rings (SSSR count). The molecule has 7 nitrogen and oxygen atoms in total. The molecule has 0 saturated carbocycles. The van der Waals surface area contributed by atoms with Crippen LogP contribution in [-0.2, 0) is 6.54 Å². The fourth-order valence-corrected chi connectivity index (χ4v) is 1.65. The predicted octanol–water partition coefficient (Wildman–Crippen LogP) is -1.16. The monoisotopic (exact) mass is 242 g/mol. The van der Waals surface area contributed by atoms with Crippen molar-refractivity contribution < 1.29 is 14.8 Å². The number of anilines is 1. The minimum Gasteiger partial charge on any atom is -0.394 e. The van der Waals surface area contributed by atoms with Gasteiger partial charge in [0.1, 0.15) is 6.10 Å². The first-order chi connectivity index (χ1) is 7.61. The van der Waals surface area contributed by atoms with Crippen LogP contribution >= 0.6 is 12.2 Å². The minimum absolute atomic E-state index is 0.212. The third kappa shape index (κ3) is 1.90. The second-order valence-corrected chi connectivity index (χ2v) is 3.83. The first kappa shape index (κ1) is 11.0. The Morgan fingerprint density at radius 3 is 3.00 bits per heavy atom.